The van der Waals surface area contributed by atoms with Crippen molar-refractivity contribution in [2.24, 2.45) is 5.92 Å². The topological polar surface area (TPSA) is 59.0 Å². The Hall–Kier alpha value is -0.780. The van der Waals surface area contributed by atoms with Crippen molar-refractivity contribution in [2.45, 2.75) is 31.2 Å². The van der Waals surface area contributed by atoms with E-state index < -0.39 is 5.54 Å². The molecule has 1 saturated heterocycles. The molecular formula is C13H22Cl2N4O. The zero-order valence-corrected chi connectivity index (χ0v) is 13.0. The lowest BCUT2D eigenvalue weighted by Crippen LogP contribution is -2.54. The van der Waals surface area contributed by atoms with E-state index in [-0.39, 0.29) is 30.7 Å². The van der Waals surface area contributed by atoms with Gasteiger partial charge in [-0.3, -0.25) is 9.48 Å². The molecule has 2 heterocycles. The van der Waals surface area contributed by atoms with Crippen molar-refractivity contribution in [1.29, 1.82) is 0 Å². The average molecular weight is 321 g/mol. The minimum atomic E-state index is -0.482. The molecule has 3 rings (SSSR count). The number of hydrogen-bond donors (Lipinski definition) is 2. The zero-order chi connectivity index (χ0) is 12.4. The van der Waals surface area contributed by atoms with Crippen LogP contribution in [0, 0.1) is 5.92 Å². The highest BCUT2D eigenvalue weighted by atomic mass is 35.5. The second-order valence-corrected chi connectivity index (χ2v) is 5.39. The summed E-state index contributed by atoms with van der Waals surface area (Å²) >= 11 is 0. The predicted octanol–water partition coefficient (Wildman–Crippen LogP) is 1.33. The minimum absolute atomic E-state index is 0. The molecule has 1 aromatic heterocycles. The number of amides is 1. The van der Waals surface area contributed by atoms with Gasteiger partial charge in [0.25, 0.3) is 0 Å². The predicted molar refractivity (Wildman–Crippen MR) is 82.5 cm³/mol. The molecule has 2 aliphatic rings. The molecule has 0 aromatic carbocycles. The molecule has 1 saturated carbocycles. The Balaban J connectivity index is 0.000001000. The molecule has 1 aromatic rings. The highest BCUT2D eigenvalue weighted by Crippen LogP contribution is 2.30. The van der Waals surface area contributed by atoms with Gasteiger partial charge in [-0.25, -0.2) is 0 Å². The molecular weight excluding hydrogens is 299 g/mol. The quantitative estimate of drug-likeness (QED) is 0.880. The number of carbonyl (C=O) groups is 1. The van der Waals surface area contributed by atoms with Crippen LogP contribution >= 0.6 is 24.8 Å². The summed E-state index contributed by atoms with van der Waals surface area (Å²) in [5.41, 5.74) is -0.482. The van der Waals surface area contributed by atoms with Crippen LogP contribution < -0.4 is 10.6 Å². The van der Waals surface area contributed by atoms with Gasteiger partial charge in [0.05, 0.1) is 0 Å². The van der Waals surface area contributed by atoms with Gasteiger partial charge in [-0.15, -0.1) is 24.8 Å². The fraction of sp³-hybridized carbons (Fsp3) is 0.692. The van der Waals surface area contributed by atoms with Crippen molar-refractivity contribution in [3.8, 4) is 0 Å². The van der Waals surface area contributed by atoms with Crippen molar-refractivity contribution < 1.29 is 4.79 Å². The van der Waals surface area contributed by atoms with Crippen LogP contribution in [-0.2, 0) is 10.3 Å². The number of halogens is 2. The summed E-state index contributed by atoms with van der Waals surface area (Å²) in [4.78, 5) is 12.6. The summed E-state index contributed by atoms with van der Waals surface area (Å²) in [7, 11) is 0. The Kier molecular flexibility index (Phi) is 6.30. The molecule has 1 amide bonds. The monoisotopic (exact) mass is 320 g/mol. The van der Waals surface area contributed by atoms with E-state index in [0.29, 0.717) is 5.92 Å². The third-order valence-electron chi connectivity index (χ3n) is 4.04. The molecule has 20 heavy (non-hydrogen) atoms. The number of nitrogens with zero attached hydrogens (tertiary/aromatic N) is 2. The van der Waals surface area contributed by atoms with Gasteiger partial charge < -0.3 is 10.6 Å². The first-order valence-electron chi connectivity index (χ1n) is 6.80. The first kappa shape index (κ1) is 17.3. The van der Waals surface area contributed by atoms with Gasteiger partial charge in [-0.05, 0) is 50.8 Å². The number of carbonyl (C=O) groups excluding carboxylic acids is 1. The summed E-state index contributed by atoms with van der Waals surface area (Å²) in [5.74, 6) is 0.852. The number of nitrogens with one attached hydrogen (secondary N) is 2. The van der Waals surface area contributed by atoms with Crippen molar-refractivity contribution in [3.05, 3.63) is 18.5 Å². The van der Waals surface area contributed by atoms with Gasteiger partial charge in [-0.1, -0.05) is 0 Å². The van der Waals surface area contributed by atoms with E-state index >= 15 is 0 Å². The third kappa shape index (κ3) is 3.45. The molecule has 0 bridgehead atoms. The Bertz CT molecular complexity index is 414. The average Bonchev–Trinajstić information content (AvgIpc) is 3.08. The molecule has 5 nitrogen and oxygen atoms in total. The Morgan fingerprint density at radius 3 is 2.60 bits per heavy atom. The van der Waals surface area contributed by atoms with Crippen LogP contribution in [0.25, 0.3) is 0 Å². The normalized spacial score (nSPS) is 20.4. The molecule has 0 radical (unpaired) electrons. The molecule has 7 heteroatoms. The maximum Gasteiger partial charge on any atom is 0.248 e. The van der Waals surface area contributed by atoms with E-state index in [1.807, 2.05) is 16.9 Å². The third-order valence-corrected chi connectivity index (χ3v) is 4.04. The largest absolute Gasteiger partial charge is 0.354 e. The number of rotatable bonds is 4. The molecule has 0 spiro atoms. The van der Waals surface area contributed by atoms with E-state index in [1.165, 1.54) is 12.8 Å². The van der Waals surface area contributed by atoms with Crippen LogP contribution in [0.4, 0.5) is 0 Å². The van der Waals surface area contributed by atoms with Crippen molar-refractivity contribution >= 4 is 30.7 Å². The SMILES string of the molecule is Cl.Cl.O=C(NCC1CC1)C1(n2cccn2)CCNCC1. The van der Waals surface area contributed by atoms with E-state index in [4.69, 9.17) is 0 Å². The van der Waals surface area contributed by atoms with Crippen LogP contribution in [0.1, 0.15) is 25.7 Å². The van der Waals surface area contributed by atoms with E-state index in [9.17, 15) is 4.79 Å². The lowest BCUT2D eigenvalue weighted by atomic mass is 9.87. The first-order valence-corrected chi connectivity index (χ1v) is 6.80. The molecule has 2 fully saturated rings. The maximum atomic E-state index is 12.6. The highest BCUT2D eigenvalue weighted by molar-refractivity contribution is 5.85. The maximum absolute atomic E-state index is 12.6. The molecule has 114 valence electrons. The standard InChI is InChI=1S/C13H20N4O.2ClH/c18-12(15-10-11-2-3-11)13(4-7-14-8-5-13)17-9-1-6-16-17;;/h1,6,9,11,14H,2-5,7-8,10H2,(H,15,18);2*1H. The number of hydrogen-bond acceptors (Lipinski definition) is 3. The minimum Gasteiger partial charge on any atom is -0.354 e. The van der Waals surface area contributed by atoms with Crippen molar-refractivity contribution in [1.82, 2.24) is 20.4 Å². The van der Waals surface area contributed by atoms with Crippen molar-refractivity contribution in [2.75, 3.05) is 19.6 Å². The van der Waals surface area contributed by atoms with Crippen LogP contribution in [0.2, 0.25) is 0 Å². The summed E-state index contributed by atoms with van der Waals surface area (Å²) in [6, 6.07) is 1.89. The zero-order valence-electron chi connectivity index (χ0n) is 11.4. The van der Waals surface area contributed by atoms with Gasteiger partial charge in [0, 0.05) is 18.9 Å². The van der Waals surface area contributed by atoms with Crippen LogP contribution in [0.3, 0.4) is 0 Å². The summed E-state index contributed by atoms with van der Waals surface area (Å²) in [6.45, 7) is 2.57. The van der Waals surface area contributed by atoms with E-state index in [0.717, 1.165) is 32.5 Å². The summed E-state index contributed by atoms with van der Waals surface area (Å²) in [5, 5.41) is 10.7. The van der Waals surface area contributed by atoms with Crippen LogP contribution in [0.15, 0.2) is 18.5 Å². The van der Waals surface area contributed by atoms with E-state index in [1.54, 1.807) is 6.20 Å². The number of piperidine rings is 1. The fourth-order valence-corrected chi connectivity index (χ4v) is 2.65. The molecule has 0 unspecified atom stereocenters. The van der Waals surface area contributed by atoms with Gasteiger partial charge in [0.2, 0.25) is 5.91 Å². The second-order valence-electron chi connectivity index (χ2n) is 5.39. The molecule has 2 N–H and O–H groups in total. The smallest absolute Gasteiger partial charge is 0.248 e. The molecule has 0 atom stereocenters. The fourth-order valence-electron chi connectivity index (χ4n) is 2.65. The van der Waals surface area contributed by atoms with Gasteiger partial charge >= 0.3 is 0 Å². The van der Waals surface area contributed by atoms with Crippen LogP contribution in [-0.4, -0.2) is 35.3 Å². The molecule has 1 aliphatic heterocycles. The number of aromatic nitrogens is 2. The molecule has 1 aliphatic carbocycles. The van der Waals surface area contributed by atoms with Gasteiger partial charge in [0.1, 0.15) is 5.54 Å². The van der Waals surface area contributed by atoms with E-state index in [2.05, 4.69) is 15.7 Å². The first-order chi connectivity index (χ1) is 8.81. The Morgan fingerprint density at radius 2 is 2.05 bits per heavy atom. The van der Waals surface area contributed by atoms with Crippen LogP contribution in [0.5, 0.6) is 0 Å². The lowest BCUT2D eigenvalue weighted by molar-refractivity contribution is -0.132. The lowest BCUT2D eigenvalue weighted by Gasteiger charge is -2.36. The Morgan fingerprint density at radius 1 is 1.35 bits per heavy atom. The van der Waals surface area contributed by atoms with Gasteiger partial charge in [-0.2, -0.15) is 5.10 Å². The van der Waals surface area contributed by atoms with Crippen molar-refractivity contribution in [3.63, 3.8) is 0 Å². The Labute approximate surface area is 131 Å². The highest BCUT2D eigenvalue weighted by Gasteiger charge is 2.42. The summed E-state index contributed by atoms with van der Waals surface area (Å²) < 4.78 is 1.84. The summed E-state index contributed by atoms with van der Waals surface area (Å²) in [6.07, 6.45) is 7.80. The van der Waals surface area contributed by atoms with Gasteiger partial charge in [0.15, 0.2) is 0 Å². The second kappa shape index (κ2) is 7.29.